The fourth-order valence-electron chi connectivity index (χ4n) is 3.94. The Labute approximate surface area is 198 Å². The highest BCUT2D eigenvalue weighted by atomic mass is 19.1. The molecule has 0 aliphatic heterocycles. The van der Waals surface area contributed by atoms with Crippen LogP contribution in [0.4, 0.5) is 14.9 Å². The number of aromatic nitrogens is 2. The number of halogens is 1. The monoisotopic (exact) mass is 464 g/mol. The molecule has 0 radical (unpaired) electrons. The topological polar surface area (TPSA) is 96.2 Å². The molecule has 1 aromatic heterocycles. The van der Waals surface area contributed by atoms with Crippen molar-refractivity contribution in [2.24, 2.45) is 5.92 Å². The normalized spacial score (nSPS) is 13.5. The first-order chi connectivity index (χ1) is 16.3. The summed E-state index contributed by atoms with van der Waals surface area (Å²) in [7, 11) is 0. The van der Waals surface area contributed by atoms with Gasteiger partial charge in [-0.2, -0.15) is 9.78 Å². The Morgan fingerprint density at radius 2 is 1.88 bits per heavy atom. The molecule has 34 heavy (non-hydrogen) atoms. The molecule has 4 rings (SSSR count). The van der Waals surface area contributed by atoms with Gasteiger partial charge in [-0.05, 0) is 60.7 Å². The molecule has 0 spiro atoms. The van der Waals surface area contributed by atoms with E-state index in [1.54, 1.807) is 24.3 Å². The van der Waals surface area contributed by atoms with Crippen LogP contribution in [0.3, 0.4) is 0 Å². The van der Waals surface area contributed by atoms with E-state index in [-0.39, 0.29) is 35.9 Å². The SMILES string of the molecule is CC(C)CC(=O)Nc1ccc(O)c(-c2cc(C3CCC3)n(C(=O)NCc3ccc(F)cc3)n2)c1. The molecular formula is C26H29FN4O3. The van der Waals surface area contributed by atoms with E-state index >= 15 is 0 Å². The van der Waals surface area contributed by atoms with E-state index in [9.17, 15) is 19.1 Å². The number of amides is 2. The smallest absolute Gasteiger partial charge is 0.342 e. The number of nitrogens with one attached hydrogen (secondary N) is 2. The van der Waals surface area contributed by atoms with Crippen molar-refractivity contribution in [3.8, 4) is 17.0 Å². The van der Waals surface area contributed by atoms with Crippen molar-refractivity contribution in [1.82, 2.24) is 15.1 Å². The molecule has 8 heteroatoms. The lowest BCUT2D eigenvalue weighted by molar-refractivity contribution is -0.116. The molecule has 0 unspecified atom stereocenters. The third kappa shape index (κ3) is 5.44. The standard InChI is InChI=1S/C26H29FN4O3/c1-16(2)12-25(33)29-20-10-11-24(32)21(13-20)22-14-23(18-4-3-5-18)31(30-22)26(34)28-15-17-6-8-19(27)9-7-17/h6-11,13-14,16,18,32H,3-5,12,15H2,1-2H3,(H,28,34)(H,29,33). The molecule has 3 aromatic rings. The maximum Gasteiger partial charge on any atom is 0.342 e. The molecule has 1 aliphatic carbocycles. The number of phenolic OH excluding ortho intramolecular Hbond substituents is 1. The Bertz CT molecular complexity index is 1180. The Morgan fingerprint density at radius 3 is 2.53 bits per heavy atom. The predicted molar refractivity (Wildman–Crippen MR) is 128 cm³/mol. The van der Waals surface area contributed by atoms with Gasteiger partial charge in [-0.3, -0.25) is 4.79 Å². The van der Waals surface area contributed by atoms with Crippen LogP contribution < -0.4 is 10.6 Å². The highest BCUT2D eigenvalue weighted by Crippen LogP contribution is 2.39. The maximum absolute atomic E-state index is 13.1. The van der Waals surface area contributed by atoms with Crippen molar-refractivity contribution < 1.29 is 19.1 Å². The molecule has 2 amide bonds. The van der Waals surface area contributed by atoms with Gasteiger partial charge in [0.2, 0.25) is 5.91 Å². The van der Waals surface area contributed by atoms with Crippen LogP contribution >= 0.6 is 0 Å². The van der Waals surface area contributed by atoms with Gasteiger partial charge in [0.05, 0.1) is 11.4 Å². The van der Waals surface area contributed by atoms with Crippen molar-refractivity contribution in [2.75, 3.05) is 5.32 Å². The molecular weight excluding hydrogens is 435 g/mol. The number of anilines is 1. The second-order valence-electron chi connectivity index (χ2n) is 9.16. The van der Waals surface area contributed by atoms with Gasteiger partial charge in [-0.25, -0.2) is 9.18 Å². The minimum absolute atomic E-state index is 0.0124. The van der Waals surface area contributed by atoms with E-state index in [1.165, 1.54) is 22.9 Å². The summed E-state index contributed by atoms with van der Waals surface area (Å²) in [4.78, 5) is 25.2. The number of rotatable bonds is 7. The van der Waals surface area contributed by atoms with Gasteiger partial charge in [0.1, 0.15) is 11.6 Å². The van der Waals surface area contributed by atoms with Gasteiger partial charge in [-0.15, -0.1) is 0 Å². The summed E-state index contributed by atoms with van der Waals surface area (Å²) in [5, 5.41) is 20.7. The van der Waals surface area contributed by atoms with E-state index in [1.807, 2.05) is 19.9 Å². The fourth-order valence-corrected chi connectivity index (χ4v) is 3.94. The molecule has 0 saturated heterocycles. The number of nitrogens with zero attached hydrogens (tertiary/aromatic N) is 2. The minimum Gasteiger partial charge on any atom is -0.507 e. The van der Waals surface area contributed by atoms with Gasteiger partial charge in [-0.1, -0.05) is 32.4 Å². The average molecular weight is 465 g/mol. The lowest BCUT2D eigenvalue weighted by atomic mass is 9.82. The molecule has 7 nitrogen and oxygen atoms in total. The molecule has 2 aromatic carbocycles. The van der Waals surface area contributed by atoms with Crippen LogP contribution in [0.15, 0.2) is 48.5 Å². The maximum atomic E-state index is 13.1. The number of hydrogen-bond acceptors (Lipinski definition) is 4. The first-order valence-electron chi connectivity index (χ1n) is 11.6. The lowest BCUT2D eigenvalue weighted by Gasteiger charge is -2.25. The van der Waals surface area contributed by atoms with Crippen LogP contribution in [0, 0.1) is 11.7 Å². The average Bonchev–Trinajstić information content (AvgIpc) is 3.17. The zero-order chi connectivity index (χ0) is 24.2. The minimum atomic E-state index is -0.390. The molecule has 178 valence electrons. The third-order valence-electron chi connectivity index (χ3n) is 5.96. The Morgan fingerprint density at radius 1 is 1.15 bits per heavy atom. The third-order valence-corrected chi connectivity index (χ3v) is 5.96. The second-order valence-corrected chi connectivity index (χ2v) is 9.16. The van der Waals surface area contributed by atoms with Gasteiger partial charge in [0.15, 0.2) is 0 Å². The van der Waals surface area contributed by atoms with E-state index in [4.69, 9.17) is 0 Å². The van der Waals surface area contributed by atoms with E-state index in [0.29, 0.717) is 23.4 Å². The Balaban J connectivity index is 1.58. The number of hydrogen-bond donors (Lipinski definition) is 3. The van der Waals surface area contributed by atoms with Crippen LogP contribution in [0.2, 0.25) is 0 Å². The van der Waals surface area contributed by atoms with Crippen molar-refractivity contribution in [3.05, 3.63) is 65.6 Å². The van der Waals surface area contributed by atoms with Crippen LogP contribution in [-0.4, -0.2) is 26.8 Å². The van der Waals surface area contributed by atoms with Gasteiger partial charge >= 0.3 is 6.03 Å². The van der Waals surface area contributed by atoms with Crippen molar-refractivity contribution in [2.45, 2.75) is 52.0 Å². The van der Waals surface area contributed by atoms with Gasteiger partial charge < -0.3 is 15.7 Å². The molecule has 0 atom stereocenters. The summed E-state index contributed by atoms with van der Waals surface area (Å²) in [5.41, 5.74) is 3.00. The zero-order valence-electron chi connectivity index (χ0n) is 19.3. The first kappa shape index (κ1) is 23.5. The summed E-state index contributed by atoms with van der Waals surface area (Å²) >= 11 is 0. The zero-order valence-corrected chi connectivity index (χ0v) is 19.3. The van der Waals surface area contributed by atoms with Gasteiger partial charge in [0, 0.05) is 30.1 Å². The fraction of sp³-hybridized carbons (Fsp3) is 0.346. The largest absolute Gasteiger partial charge is 0.507 e. The quantitative estimate of drug-likeness (QED) is 0.408. The molecule has 1 aliphatic rings. The number of carbonyl (C=O) groups excluding carboxylic acids is 2. The number of phenols is 1. The Hall–Kier alpha value is -3.68. The van der Waals surface area contributed by atoms with Crippen LogP contribution in [0.5, 0.6) is 5.75 Å². The van der Waals surface area contributed by atoms with Crippen LogP contribution in [0.1, 0.15) is 56.7 Å². The summed E-state index contributed by atoms with van der Waals surface area (Å²) < 4.78 is 14.5. The van der Waals surface area contributed by atoms with Gasteiger partial charge in [0.25, 0.3) is 0 Å². The van der Waals surface area contributed by atoms with E-state index in [0.717, 1.165) is 30.5 Å². The van der Waals surface area contributed by atoms with Crippen LogP contribution in [0.25, 0.3) is 11.3 Å². The second kappa shape index (κ2) is 10.1. The molecule has 0 bridgehead atoms. The van der Waals surface area contributed by atoms with Crippen molar-refractivity contribution in [1.29, 1.82) is 0 Å². The highest BCUT2D eigenvalue weighted by molar-refractivity contribution is 5.92. The molecule has 1 saturated carbocycles. The summed E-state index contributed by atoms with van der Waals surface area (Å²) in [6.07, 6.45) is 3.41. The summed E-state index contributed by atoms with van der Waals surface area (Å²) in [6, 6.07) is 12.2. The Kier molecular flexibility index (Phi) is 6.95. The van der Waals surface area contributed by atoms with Crippen molar-refractivity contribution in [3.63, 3.8) is 0 Å². The predicted octanol–water partition coefficient (Wildman–Crippen LogP) is 5.40. The van der Waals surface area contributed by atoms with Crippen molar-refractivity contribution >= 4 is 17.6 Å². The highest BCUT2D eigenvalue weighted by Gasteiger charge is 2.27. The number of carbonyl (C=O) groups is 2. The number of benzene rings is 2. The van der Waals surface area contributed by atoms with E-state index < -0.39 is 6.03 Å². The first-order valence-corrected chi connectivity index (χ1v) is 11.6. The van der Waals surface area contributed by atoms with Crippen LogP contribution in [-0.2, 0) is 11.3 Å². The number of aromatic hydroxyl groups is 1. The molecule has 1 fully saturated rings. The summed E-state index contributed by atoms with van der Waals surface area (Å²) in [5.74, 6) is 0.0204. The molecule has 3 N–H and O–H groups in total. The molecule has 1 heterocycles. The van der Waals surface area contributed by atoms with E-state index in [2.05, 4.69) is 15.7 Å². The lowest BCUT2D eigenvalue weighted by Crippen LogP contribution is -2.31. The summed E-state index contributed by atoms with van der Waals surface area (Å²) in [6.45, 7) is 4.18.